The Morgan fingerprint density at radius 1 is 0.283 bits per heavy atom. The Kier molecular flexibility index (Phi) is 8.87. The van der Waals surface area contributed by atoms with Crippen molar-refractivity contribution in [2.45, 2.75) is 0 Å². The highest BCUT2D eigenvalue weighted by atomic mass is 16.3. The molecule has 0 fully saturated rings. The molecular formula is C58H39NO. The first kappa shape index (κ1) is 35.2. The summed E-state index contributed by atoms with van der Waals surface area (Å²) in [5, 5.41) is 4.75. The molecule has 0 radical (unpaired) electrons. The van der Waals surface area contributed by atoms with Crippen molar-refractivity contribution in [1.29, 1.82) is 0 Å². The molecule has 2 heteroatoms. The Morgan fingerprint density at radius 3 is 1.47 bits per heavy atom. The number of benzene rings is 10. The van der Waals surface area contributed by atoms with Gasteiger partial charge in [0.05, 0.1) is 5.69 Å². The average Bonchev–Trinajstić information content (AvgIpc) is 3.72. The van der Waals surface area contributed by atoms with Gasteiger partial charge in [-0.05, 0) is 97.7 Å². The van der Waals surface area contributed by atoms with Gasteiger partial charge in [0.15, 0.2) is 0 Å². The summed E-state index contributed by atoms with van der Waals surface area (Å²) in [6.45, 7) is 0. The maximum Gasteiger partial charge on any atom is 0.143 e. The molecular weight excluding hydrogens is 727 g/mol. The van der Waals surface area contributed by atoms with Crippen LogP contribution in [-0.4, -0.2) is 0 Å². The van der Waals surface area contributed by atoms with E-state index in [-0.39, 0.29) is 0 Å². The molecule has 282 valence electrons. The van der Waals surface area contributed by atoms with Gasteiger partial charge in [-0.2, -0.15) is 0 Å². The third-order valence-corrected chi connectivity index (χ3v) is 11.7. The van der Waals surface area contributed by atoms with E-state index in [2.05, 4.69) is 229 Å². The first-order chi connectivity index (χ1) is 29.7. The molecule has 0 bridgehead atoms. The van der Waals surface area contributed by atoms with E-state index in [0.29, 0.717) is 0 Å². The standard InChI is InChI=1S/C58H39NO/c1-3-13-40(14-4-1)42-29-34-48(35-30-42)59(49-36-31-44(32-37-49)51-21-11-18-43-17-7-8-19-50(43)51)56-38-33-47(41-15-5-2-6-16-41)39-55(56)46-27-25-45(26-28-46)52-22-12-23-54-53-20-9-10-24-57(53)60-58(52)54/h1-39H. The molecule has 0 unspecified atom stereocenters. The van der Waals surface area contributed by atoms with Crippen LogP contribution in [0.4, 0.5) is 17.1 Å². The summed E-state index contributed by atoms with van der Waals surface area (Å²) < 4.78 is 6.45. The molecule has 0 aliphatic heterocycles. The van der Waals surface area contributed by atoms with Gasteiger partial charge in [-0.15, -0.1) is 0 Å². The van der Waals surface area contributed by atoms with E-state index in [1.54, 1.807) is 0 Å². The first-order valence-corrected chi connectivity index (χ1v) is 20.5. The van der Waals surface area contributed by atoms with Crippen LogP contribution in [0.25, 0.3) is 88.3 Å². The van der Waals surface area contributed by atoms with E-state index in [0.717, 1.165) is 66.8 Å². The van der Waals surface area contributed by atoms with Gasteiger partial charge >= 0.3 is 0 Å². The number of hydrogen-bond acceptors (Lipinski definition) is 2. The molecule has 11 aromatic rings. The molecule has 2 nitrogen and oxygen atoms in total. The van der Waals surface area contributed by atoms with Gasteiger partial charge in [-0.25, -0.2) is 0 Å². The van der Waals surface area contributed by atoms with Gasteiger partial charge in [0.2, 0.25) is 0 Å². The summed E-state index contributed by atoms with van der Waals surface area (Å²) in [6.07, 6.45) is 0. The fraction of sp³-hybridized carbons (Fsp3) is 0. The lowest BCUT2D eigenvalue weighted by Gasteiger charge is -2.29. The van der Waals surface area contributed by atoms with Gasteiger partial charge in [-0.1, -0.05) is 194 Å². The molecule has 0 N–H and O–H groups in total. The van der Waals surface area contributed by atoms with Crippen molar-refractivity contribution >= 4 is 49.8 Å². The molecule has 1 heterocycles. The third-order valence-electron chi connectivity index (χ3n) is 11.7. The number of furan rings is 1. The van der Waals surface area contributed by atoms with Crippen LogP contribution in [0.15, 0.2) is 241 Å². The summed E-state index contributed by atoms with van der Waals surface area (Å²) in [5.74, 6) is 0. The minimum Gasteiger partial charge on any atom is -0.455 e. The van der Waals surface area contributed by atoms with Crippen LogP contribution in [0.5, 0.6) is 0 Å². The number of anilines is 3. The zero-order valence-corrected chi connectivity index (χ0v) is 32.9. The van der Waals surface area contributed by atoms with Gasteiger partial charge < -0.3 is 9.32 Å². The number of para-hydroxylation sites is 2. The molecule has 0 atom stereocenters. The van der Waals surface area contributed by atoms with Crippen LogP contribution >= 0.6 is 0 Å². The lowest BCUT2D eigenvalue weighted by molar-refractivity contribution is 0.670. The summed E-state index contributed by atoms with van der Waals surface area (Å²) in [7, 11) is 0. The first-order valence-electron chi connectivity index (χ1n) is 20.5. The SMILES string of the molecule is c1ccc(-c2ccc(N(c3ccc(-c4cccc5ccccc45)cc3)c3ccc(-c4ccccc4)cc3-c3ccc(-c4cccc5c4oc4ccccc45)cc3)cc2)cc1. The van der Waals surface area contributed by atoms with Gasteiger partial charge in [0.25, 0.3) is 0 Å². The lowest BCUT2D eigenvalue weighted by Crippen LogP contribution is -2.11. The van der Waals surface area contributed by atoms with E-state index in [9.17, 15) is 0 Å². The van der Waals surface area contributed by atoms with E-state index in [1.807, 2.05) is 12.1 Å². The number of fused-ring (bicyclic) bond motifs is 4. The summed E-state index contributed by atoms with van der Waals surface area (Å²) in [5.41, 5.74) is 16.6. The van der Waals surface area contributed by atoms with E-state index >= 15 is 0 Å². The van der Waals surface area contributed by atoms with Crippen molar-refractivity contribution in [1.82, 2.24) is 0 Å². The Morgan fingerprint density at radius 2 is 0.750 bits per heavy atom. The quantitative estimate of drug-likeness (QED) is 0.153. The molecule has 0 spiro atoms. The van der Waals surface area contributed by atoms with E-state index in [1.165, 1.54) is 38.6 Å². The van der Waals surface area contributed by atoms with Crippen LogP contribution in [0.1, 0.15) is 0 Å². The molecule has 60 heavy (non-hydrogen) atoms. The Hall–Kier alpha value is -7.94. The predicted octanol–water partition coefficient (Wildman–Crippen LogP) is 16.5. The molecule has 0 saturated heterocycles. The average molecular weight is 766 g/mol. The third kappa shape index (κ3) is 6.41. The highest BCUT2D eigenvalue weighted by Crippen LogP contribution is 2.45. The topological polar surface area (TPSA) is 16.4 Å². The maximum absolute atomic E-state index is 6.45. The fourth-order valence-electron chi connectivity index (χ4n) is 8.70. The molecule has 11 rings (SSSR count). The number of hydrogen-bond donors (Lipinski definition) is 0. The van der Waals surface area contributed by atoms with Crippen molar-refractivity contribution in [2.75, 3.05) is 4.90 Å². The Labute approximate surface area is 349 Å². The molecule has 0 saturated carbocycles. The van der Waals surface area contributed by atoms with E-state index < -0.39 is 0 Å². The van der Waals surface area contributed by atoms with Crippen molar-refractivity contribution in [3.63, 3.8) is 0 Å². The Bertz CT molecular complexity index is 3270. The van der Waals surface area contributed by atoms with Crippen LogP contribution < -0.4 is 4.90 Å². The van der Waals surface area contributed by atoms with Crippen molar-refractivity contribution in [3.05, 3.63) is 237 Å². The number of rotatable bonds is 8. The normalized spacial score (nSPS) is 11.3. The zero-order chi connectivity index (χ0) is 39.8. The molecule has 0 amide bonds. The summed E-state index contributed by atoms with van der Waals surface area (Å²) >= 11 is 0. The second-order valence-corrected chi connectivity index (χ2v) is 15.3. The molecule has 10 aromatic carbocycles. The van der Waals surface area contributed by atoms with Crippen molar-refractivity contribution < 1.29 is 4.42 Å². The second-order valence-electron chi connectivity index (χ2n) is 15.3. The minimum atomic E-state index is 0.904. The van der Waals surface area contributed by atoms with Crippen LogP contribution in [0, 0.1) is 0 Å². The van der Waals surface area contributed by atoms with Crippen molar-refractivity contribution in [3.8, 4) is 55.6 Å². The Balaban J connectivity index is 1.06. The smallest absolute Gasteiger partial charge is 0.143 e. The summed E-state index contributed by atoms with van der Waals surface area (Å²) in [6, 6.07) is 84.9. The maximum atomic E-state index is 6.45. The summed E-state index contributed by atoms with van der Waals surface area (Å²) in [4.78, 5) is 2.40. The van der Waals surface area contributed by atoms with Crippen LogP contribution in [0.2, 0.25) is 0 Å². The monoisotopic (exact) mass is 765 g/mol. The van der Waals surface area contributed by atoms with Crippen molar-refractivity contribution in [2.24, 2.45) is 0 Å². The van der Waals surface area contributed by atoms with Gasteiger partial charge in [0, 0.05) is 33.3 Å². The largest absolute Gasteiger partial charge is 0.455 e. The lowest BCUT2D eigenvalue weighted by atomic mass is 9.94. The predicted molar refractivity (Wildman–Crippen MR) is 253 cm³/mol. The van der Waals surface area contributed by atoms with Gasteiger partial charge in [-0.3, -0.25) is 0 Å². The van der Waals surface area contributed by atoms with Crippen LogP contribution in [-0.2, 0) is 0 Å². The molecule has 0 aliphatic rings. The minimum absolute atomic E-state index is 0.904. The fourth-order valence-corrected chi connectivity index (χ4v) is 8.70. The second kappa shape index (κ2) is 15.1. The zero-order valence-electron chi connectivity index (χ0n) is 32.9. The van der Waals surface area contributed by atoms with Crippen LogP contribution in [0.3, 0.4) is 0 Å². The highest BCUT2D eigenvalue weighted by Gasteiger charge is 2.20. The highest BCUT2D eigenvalue weighted by molar-refractivity contribution is 6.09. The molecule has 0 aliphatic carbocycles. The molecule has 1 aromatic heterocycles. The number of nitrogens with zero attached hydrogens (tertiary/aromatic N) is 1. The van der Waals surface area contributed by atoms with E-state index in [4.69, 9.17) is 4.42 Å². The van der Waals surface area contributed by atoms with Gasteiger partial charge in [0.1, 0.15) is 11.2 Å².